The highest BCUT2D eigenvalue weighted by molar-refractivity contribution is 5.99. The van der Waals surface area contributed by atoms with Crippen LogP contribution < -0.4 is 21.9 Å². The van der Waals surface area contributed by atoms with E-state index in [1.165, 1.54) is 6.20 Å². The number of hydrazine groups is 1. The number of pyridine rings is 1. The Morgan fingerprint density at radius 3 is 2.85 bits per heavy atom. The molecule has 108 valence electrons. The van der Waals surface area contributed by atoms with E-state index >= 15 is 0 Å². The molecule has 1 saturated carbocycles. The molecule has 2 rings (SSSR count). The van der Waals surface area contributed by atoms with Crippen molar-refractivity contribution in [3.8, 4) is 0 Å². The van der Waals surface area contributed by atoms with Gasteiger partial charge in [-0.25, -0.2) is 0 Å². The second kappa shape index (κ2) is 6.33. The summed E-state index contributed by atoms with van der Waals surface area (Å²) in [4.78, 5) is 27.5. The third-order valence-electron chi connectivity index (χ3n) is 3.02. The zero-order valence-corrected chi connectivity index (χ0v) is 11.4. The van der Waals surface area contributed by atoms with E-state index in [4.69, 9.17) is 5.84 Å². The zero-order chi connectivity index (χ0) is 14.5. The maximum atomic E-state index is 12.0. The van der Waals surface area contributed by atoms with Gasteiger partial charge in [-0.3, -0.25) is 20.4 Å². The highest BCUT2D eigenvalue weighted by Gasteiger charge is 2.22. The Kier molecular flexibility index (Phi) is 4.52. The Hall–Kier alpha value is -2.15. The molecule has 5 N–H and O–H groups in total. The summed E-state index contributed by atoms with van der Waals surface area (Å²) in [6.45, 7) is 2.10. The predicted molar refractivity (Wildman–Crippen MR) is 74.9 cm³/mol. The largest absolute Gasteiger partial charge is 0.353 e. The summed E-state index contributed by atoms with van der Waals surface area (Å²) in [5.74, 6) is 5.04. The number of nitrogens with two attached hydrogens (primary N) is 1. The molecule has 1 aliphatic rings. The molecule has 0 saturated heterocycles. The third-order valence-corrected chi connectivity index (χ3v) is 3.02. The number of rotatable bonds is 6. The van der Waals surface area contributed by atoms with E-state index in [-0.39, 0.29) is 24.8 Å². The summed E-state index contributed by atoms with van der Waals surface area (Å²) in [6.07, 6.45) is 3.84. The molecule has 0 unspecified atom stereocenters. The Bertz CT molecular complexity index is 513. The van der Waals surface area contributed by atoms with Gasteiger partial charge < -0.3 is 16.1 Å². The maximum Gasteiger partial charge on any atom is 0.255 e. The molecule has 7 nitrogen and oxygen atoms in total. The van der Waals surface area contributed by atoms with Crippen LogP contribution in [-0.4, -0.2) is 29.4 Å². The second-order valence-electron chi connectivity index (χ2n) is 4.86. The fourth-order valence-electron chi connectivity index (χ4n) is 1.77. The minimum atomic E-state index is -0.301. The standard InChI is InChI=1S/C13H19N5O2/c1-8-6-11(18-14)10(7-16-8)13(20)15-5-4-12(19)17-9-2-3-9/h6-7,9H,2-5,14H2,1H3,(H,15,20)(H,16,18)(H,17,19). The summed E-state index contributed by atoms with van der Waals surface area (Å²) in [6, 6.07) is 2.03. The number of anilines is 1. The molecule has 7 heteroatoms. The molecule has 1 aromatic rings. The first-order valence-electron chi connectivity index (χ1n) is 6.61. The minimum Gasteiger partial charge on any atom is -0.353 e. The highest BCUT2D eigenvalue weighted by Crippen LogP contribution is 2.18. The number of nitrogens with one attached hydrogen (secondary N) is 3. The molecule has 1 fully saturated rings. The van der Waals surface area contributed by atoms with Crippen molar-refractivity contribution in [2.45, 2.75) is 32.2 Å². The molecule has 0 atom stereocenters. The average molecular weight is 277 g/mol. The number of aromatic nitrogens is 1. The molecule has 0 radical (unpaired) electrons. The van der Waals surface area contributed by atoms with Gasteiger partial charge in [-0.2, -0.15) is 0 Å². The number of hydrogen-bond acceptors (Lipinski definition) is 5. The van der Waals surface area contributed by atoms with Gasteiger partial charge in [0, 0.05) is 30.9 Å². The zero-order valence-electron chi connectivity index (χ0n) is 11.4. The molecule has 0 bridgehead atoms. The maximum absolute atomic E-state index is 12.0. The lowest BCUT2D eigenvalue weighted by atomic mass is 10.2. The van der Waals surface area contributed by atoms with E-state index < -0.39 is 0 Å². The van der Waals surface area contributed by atoms with Crippen molar-refractivity contribution < 1.29 is 9.59 Å². The number of amides is 2. The first-order chi connectivity index (χ1) is 9.60. The highest BCUT2D eigenvalue weighted by atomic mass is 16.2. The SMILES string of the molecule is Cc1cc(NN)c(C(=O)NCCC(=O)NC2CC2)cn1. The van der Waals surface area contributed by atoms with E-state index in [1.807, 2.05) is 6.92 Å². The van der Waals surface area contributed by atoms with Gasteiger partial charge in [0.15, 0.2) is 0 Å². The van der Waals surface area contributed by atoms with Crippen molar-refractivity contribution in [2.75, 3.05) is 12.0 Å². The van der Waals surface area contributed by atoms with Crippen LogP contribution in [-0.2, 0) is 4.79 Å². The van der Waals surface area contributed by atoms with Gasteiger partial charge in [0.05, 0.1) is 11.3 Å². The van der Waals surface area contributed by atoms with E-state index in [1.54, 1.807) is 6.07 Å². The van der Waals surface area contributed by atoms with Crippen LogP contribution in [0.15, 0.2) is 12.3 Å². The van der Waals surface area contributed by atoms with Crippen molar-refractivity contribution in [3.63, 3.8) is 0 Å². The fraction of sp³-hybridized carbons (Fsp3) is 0.462. The van der Waals surface area contributed by atoms with Gasteiger partial charge in [0.1, 0.15) is 0 Å². The molecule has 0 spiro atoms. The monoisotopic (exact) mass is 277 g/mol. The lowest BCUT2D eigenvalue weighted by molar-refractivity contribution is -0.121. The normalized spacial score (nSPS) is 13.7. The van der Waals surface area contributed by atoms with Crippen LogP contribution in [0.25, 0.3) is 0 Å². The number of nitrogens with zero attached hydrogens (tertiary/aromatic N) is 1. The molecule has 0 aromatic carbocycles. The van der Waals surface area contributed by atoms with Crippen LogP contribution in [0.4, 0.5) is 5.69 Å². The lowest BCUT2D eigenvalue weighted by Crippen LogP contribution is -2.32. The molecule has 1 aromatic heterocycles. The molecule has 1 aliphatic carbocycles. The predicted octanol–water partition coefficient (Wildman–Crippen LogP) is 0.0741. The Balaban J connectivity index is 1.83. The number of hydrogen-bond donors (Lipinski definition) is 4. The smallest absolute Gasteiger partial charge is 0.255 e. The van der Waals surface area contributed by atoms with Crippen LogP contribution in [0.1, 0.15) is 35.3 Å². The minimum absolute atomic E-state index is 0.0352. The summed E-state index contributed by atoms with van der Waals surface area (Å²) in [7, 11) is 0. The van der Waals surface area contributed by atoms with Gasteiger partial charge in [-0.05, 0) is 25.8 Å². The Morgan fingerprint density at radius 2 is 2.20 bits per heavy atom. The third kappa shape index (κ3) is 3.92. The van der Waals surface area contributed by atoms with E-state index in [9.17, 15) is 9.59 Å². The van der Waals surface area contributed by atoms with E-state index in [0.29, 0.717) is 17.3 Å². The molecule has 1 heterocycles. The number of carbonyl (C=O) groups excluding carboxylic acids is 2. The van der Waals surface area contributed by atoms with Crippen LogP contribution in [0, 0.1) is 6.92 Å². The second-order valence-corrected chi connectivity index (χ2v) is 4.86. The first kappa shape index (κ1) is 14.3. The van der Waals surface area contributed by atoms with Crippen molar-refractivity contribution in [2.24, 2.45) is 5.84 Å². The van der Waals surface area contributed by atoms with Crippen LogP contribution in [0.2, 0.25) is 0 Å². The molecular formula is C13H19N5O2. The van der Waals surface area contributed by atoms with Gasteiger partial charge >= 0.3 is 0 Å². The Labute approximate surface area is 117 Å². The first-order valence-corrected chi connectivity index (χ1v) is 6.61. The van der Waals surface area contributed by atoms with Crippen molar-refractivity contribution in [1.29, 1.82) is 0 Å². The number of aryl methyl sites for hydroxylation is 1. The van der Waals surface area contributed by atoms with E-state index in [0.717, 1.165) is 18.5 Å². The topological polar surface area (TPSA) is 109 Å². The van der Waals surface area contributed by atoms with Gasteiger partial charge in [-0.1, -0.05) is 0 Å². The molecule has 20 heavy (non-hydrogen) atoms. The van der Waals surface area contributed by atoms with Crippen molar-refractivity contribution in [1.82, 2.24) is 15.6 Å². The average Bonchev–Trinajstić information content (AvgIpc) is 3.22. The van der Waals surface area contributed by atoms with E-state index in [2.05, 4.69) is 21.0 Å². The molecular weight excluding hydrogens is 258 g/mol. The van der Waals surface area contributed by atoms with Gasteiger partial charge in [0.25, 0.3) is 5.91 Å². The fourth-order valence-corrected chi connectivity index (χ4v) is 1.77. The molecule has 2 amide bonds. The summed E-state index contributed by atoms with van der Waals surface area (Å²) >= 11 is 0. The summed E-state index contributed by atoms with van der Waals surface area (Å²) in [5.41, 5.74) is 4.11. The van der Waals surface area contributed by atoms with Crippen molar-refractivity contribution in [3.05, 3.63) is 23.5 Å². The van der Waals surface area contributed by atoms with Crippen LogP contribution in [0.5, 0.6) is 0 Å². The summed E-state index contributed by atoms with van der Waals surface area (Å²) in [5, 5.41) is 5.54. The lowest BCUT2D eigenvalue weighted by Gasteiger charge is -2.10. The number of carbonyl (C=O) groups is 2. The Morgan fingerprint density at radius 1 is 1.45 bits per heavy atom. The van der Waals surface area contributed by atoms with Gasteiger partial charge in [0.2, 0.25) is 5.91 Å². The number of nitrogen functional groups attached to an aromatic ring is 1. The van der Waals surface area contributed by atoms with Gasteiger partial charge in [-0.15, -0.1) is 0 Å². The van der Waals surface area contributed by atoms with Crippen LogP contribution >= 0.6 is 0 Å². The van der Waals surface area contributed by atoms with Crippen molar-refractivity contribution >= 4 is 17.5 Å². The van der Waals surface area contributed by atoms with Crippen LogP contribution in [0.3, 0.4) is 0 Å². The summed E-state index contributed by atoms with van der Waals surface area (Å²) < 4.78 is 0. The quantitative estimate of drug-likeness (QED) is 0.435. The molecule has 0 aliphatic heterocycles.